The molecule has 2 aliphatic rings. The predicted molar refractivity (Wildman–Crippen MR) is 145 cm³/mol. The summed E-state index contributed by atoms with van der Waals surface area (Å²) in [4.78, 5) is 45.9. The molecule has 4 heterocycles. The fourth-order valence-electron chi connectivity index (χ4n) is 4.94. The van der Waals surface area contributed by atoms with E-state index >= 15 is 0 Å². The number of sulfonamides is 1. The summed E-state index contributed by atoms with van der Waals surface area (Å²) in [5, 5.41) is 0.353. The first kappa shape index (κ1) is 27.8. The zero-order valence-corrected chi connectivity index (χ0v) is 24.3. The molecule has 0 radical (unpaired) electrons. The van der Waals surface area contributed by atoms with E-state index < -0.39 is 51.4 Å². The molecule has 1 fully saturated rings. The van der Waals surface area contributed by atoms with E-state index in [1.807, 2.05) is 0 Å². The maximum atomic E-state index is 14.1. The number of aryl methyl sites for hydroxylation is 1. The van der Waals surface area contributed by atoms with Crippen LogP contribution >= 0.6 is 0 Å². The van der Waals surface area contributed by atoms with Crippen molar-refractivity contribution in [2.24, 2.45) is 0 Å². The summed E-state index contributed by atoms with van der Waals surface area (Å²) >= 11 is 0. The first-order valence-corrected chi connectivity index (χ1v) is 14.3. The molecule has 212 valence electrons. The maximum Gasteiger partial charge on any atom is 0.419 e. The third-order valence-corrected chi connectivity index (χ3v) is 8.34. The molecular formula is C28H32N4O7S. The van der Waals surface area contributed by atoms with E-state index in [-0.39, 0.29) is 17.3 Å². The molecule has 3 atom stereocenters. The van der Waals surface area contributed by atoms with Crippen LogP contribution in [0.5, 0.6) is 0 Å². The van der Waals surface area contributed by atoms with Gasteiger partial charge in [0.2, 0.25) is 0 Å². The van der Waals surface area contributed by atoms with Crippen molar-refractivity contribution in [1.82, 2.24) is 18.8 Å². The topological polar surface area (TPSA) is 128 Å². The number of hydrogen-bond acceptors (Lipinski definition) is 8. The molecule has 0 aliphatic carbocycles. The lowest BCUT2D eigenvalue weighted by Gasteiger charge is -2.26. The van der Waals surface area contributed by atoms with Gasteiger partial charge in [-0.1, -0.05) is 24.3 Å². The van der Waals surface area contributed by atoms with E-state index in [2.05, 4.69) is 4.98 Å². The van der Waals surface area contributed by atoms with Gasteiger partial charge in [0.1, 0.15) is 16.9 Å². The van der Waals surface area contributed by atoms with E-state index in [1.54, 1.807) is 78.8 Å². The minimum atomic E-state index is -4.13. The molecule has 0 bridgehead atoms. The molecule has 1 unspecified atom stereocenters. The van der Waals surface area contributed by atoms with Gasteiger partial charge < -0.3 is 9.47 Å². The second-order valence-corrected chi connectivity index (χ2v) is 13.8. The summed E-state index contributed by atoms with van der Waals surface area (Å²) < 4.78 is 41.1. The molecule has 11 nitrogen and oxygen atoms in total. The standard InChI is InChI=1S/C28H32N4O7S/c1-16-12-13-20(29-14-16)40(36,37)32-19-15-30(25(34)38-27(2,3)4)24(33)23-21(22(19)32)17-10-8-9-11-18(17)31(23)26(35)39-28(5,6)7/h8-14,19,22H,15H2,1-7H3/t19-,22-,32?/m0/s1. The Morgan fingerprint density at radius 1 is 0.950 bits per heavy atom. The zero-order chi connectivity index (χ0) is 29.4. The van der Waals surface area contributed by atoms with E-state index in [1.165, 1.54) is 16.6 Å². The van der Waals surface area contributed by atoms with Crippen molar-refractivity contribution in [1.29, 1.82) is 0 Å². The number of hydrogen-bond donors (Lipinski definition) is 0. The van der Waals surface area contributed by atoms with Gasteiger partial charge in [-0.15, -0.1) is 0 Å². The Labute approximate surface area is 232 Å². The summed E-state index contributed by atoms with van der Waals surface area (Å²) in [5.41, 5.74) is -0.462. The van der Waals surface area contributed by atoms with Gasteiger partial charge in [0, 0.05) is 17.1 Å². The zero-order valence-electron chi connectivity index (χ0n) is 23.5. The molecule has 2 aliphatic heterocycles. The Kier molecular flexibility index (Phi) is 6.34. The number of imide groups is 1. The molecule has 0 spiro atoms. The van der Waals surface area contributed by atoms with Crippen molar-refractivity contribution in [3.63, 3.8) is 0 Å². The van der Waals surface area contributed by atoms with E-state index in [9.17, 15) is 22.8 Å². The van der Waals surface area contributed by atoms with E-state index in [0.29, 0.717) is 16.5 Å². The summed E-state index contributed by atoms with van der Waals surface area (Å²) in [6.07, 6.45) is -0.304. The van der Waals surface area contributed by atoms with E-state index in [4.69, 9.17) is 9.47 Å². The van der Waals surface area contributed by atoms with Crippen LogP contribution in [-0.2, 0) is 19.5 Å². The second kappa shape index (κ2) is 9.13. The van der Waals surface area contributed by atoms with Gasteiger partial charge in [0.15, 0.2) is 5.03 Å². The minimum Gasteiger partial charge on any atom is -0.443 e. The van der Waals surface area contributed by atoms with Gasteiger partial charge in [0.05, 0.1) is 24.1 Å². The van der Waals surface area contributed by atoms with Gasteiger partial charge in [-0.3, -0.25) is 4.79 Å². The summed E-state index contributed by atoms with van der Waals surface area (Å²) in [5.74, 6) is -0.774. The van der Waals surface area contributed by atoms with Crippen LogP contribution in [0, 0.1) is 6.92 Å². The van der Waals surface area contributed by atoms with Crippen molar-refractivity contribution < 1.29 is 32.3 Å². The Balaban J connectivity index is 1.73. The molecule has 2 amide bonds. The number of nitrogens with zero attached hydrogens (tertiary/aromatic N) is 4. The van der Waals surface area contributed by atoms with E-state index in [0.717, 1.165) is 15.0 Å². The number of aromatic nitrogens is 2. The maximum absolute atomic E-state index is 14.1. The highest BCUT2D eigenvalue weighted by molar-refractivity contribution is 7.89. The number of carbonyl (C=O) groups is 3. The highest BCUT2D eigenvalue weighted by Crippen LogP contribution is 2.53. The fraction of sp³-hybridized carbons (Fsp3) is 0.429. The van der Waals surface area contributed by atoms with Crippen LogP contribution < -0.4 is 0 Å². The van der Waals surface area contributed by atoms with Gasteiger partial charge in [0.25, 0.3) is 15.9 Å². The molecule has 1 saturated heterocycles. The normalized spacial score (nSPS) is 20.9. The molecule has 3 aromatic rings. The van der Waals surface area contributed by atoms with Crippen LogP contribution in [-0.4, -0.2) is 69.1 Å². The quantitative estimate of drug-likeness (QED) is 0.409. The minimum absolute atomic E-state index is 0.136. The number of ether oxygens (including phenoxy) is 2. The average Bonchev–Trinajstić information content (AvgIpc) is 3.46. The molecule has 0 N–H and O–H groups in total. The summed E-state index contributed by atoms with van der Waals surface area (Å²) in [6, 6.07) is 8.26. The number of para-hydroxylation sites is 1. The fourth-order valence-corrected chi connectivity index (χ4v) is 6.62. The van der Waals surface area contributed by atoms with Crippen LogP contribution in [0.1, 0.15) is 69.2 Å². The van der Waals surface area contributed by atoms with Gasteiger partial charge >= 0.3 is 12.2 Å². The molecular weight excluding hydrogens is 536 g/mol. The highest BCUT2D eigenvalue weighted by atomic mass is 32.2. The van der Waals surface area contributed by atoms with Crippen LogP contribution in [0.3, 0.4) is 0 Å². The number of carbonyl (C=O) groups excluding carboxylic acids is 3. The molecule has 2 aromatic heterocycles. The molecule has 1 aromatic carbocycles. The first-order chi connectivity index (χ1) is 18.5. The smallest absolute Gasteiger partial charge is 0.419 e. The molecule has 12 heteroatoms. The monoisotopic (exact) mass is 568 g/mol. The van der Waals surface area contributed by atoms with Crippen LogP contribution in [0.15, 0.2) is 47.6 Å². The third-order valence-electron chi connectivity index (χ3n) is 6.52. The Morgan fingerprint density at radius 3 is 2.17 bits per heavy atom. The Morgan fingerprint density at radius 2 is 1.57 bits per heavy atom. The summed E-state index contributed by atoms with van der Waals surface area (Å²) in [7, 11) is -4.13. The van der Waals surface area contributed by atoms with Crippen molar-refractivity contribution >= 4 is 39.0 Å². The average molecular weight is 569 g/mol. The van der Waals surface area contributed by atoms with Crippen molar-refractivity contribution in [3.05, 3.63) is 59.4 Å². The number of amides is 2. The third kappa shape index (κ3) is 4.75. The van der Waals surface area contributed by atoms with Crippen molar-refractivity contribution in [3.8, 4) is 0 Å². The Hall–Kier alpha value is -3.77. The lowest BCUT2D eigenvalue weighted by Crippen LogP contribution is -2.44. The first-order valence-electron chi connectivity index (χ1n) is 12.9. The highest BCUT2D eigenvalue weighted by Gasteiger charge is 2.62. The second-order valence-electron chi connectivity index (χ2n) is 12.0. The lowest BCUT2D eigenvalue weighted by molar-refractivity contribution is 0.0231. The number of benzene rings is 1. The molecule has 0 saturated carbocycles. The van der Waals surface area contributed by atoms with Gasteiger partial charge in [-0.25, -0.2) is 32.5 Å². The predicted octanol–water partition coefficient (Wildman–Crippen LogP) is 4.63. The van der Waals surface area contributed by atoms with Crippen molar-refractivity contribution in [2.45, 2.75) is 76.8 Å². The van der Waals surface area contributed by atoms with Gasteiger partial charge in [-0.2, -0.15) is 4.31 Å². The molecule has 40 heavy (non-hydrogen) atoms. The summed E-state index contributed by atoms with van der Waals surface area (Å²) in [6.45, 7) is 11.6. The number of rotatable bonds is 2. The number of fused-ring (bicyclic) bond motifs is 5. The lowest BCUT2D eigenvalue weighted by atomic mass is 10.1. The molecule has 5 rings (SSSR count). The van der Waals surface area contributed by atoms with Crippen molar-refractivity contribution in [2.75, 3.05) is 6.54 Å². The SMILES string of the molecule is Cc1ccc(S(=O)(=O)N2[C@@H]3c4c(n(C(=O)OC(C)(C)C)c5ccccc45)C(=O)N(C(=O)OC(C)(C)C)C[C@@H]32)nc1. The van der Waals surface area contributed by atoms with Crippen LogP contribution in [0.25, 0.3) is 10.9 Å². The Bertz CT molecular complexity index is 1650. The number of pyridine rings is 1. The van der Waals surface area contributed by atoms with Crippen LogP contribution in [0.2, 0.25) is 0 Å². The van der Waals surface area contributed by atoms with Crippen LogP contribution in [0.4, 0.5) is 9.59 Å². The largest absolute Gasteiger partial charge is 0.443 e. The van der Waals surface area contributed by atoms with Gasteiger partial charge in [-0.05, 0) is 66.2 Å².